The van der Waals surface area contributed by atoms with Gasteiger partial charge in [0.2, 0.25) is 0 Å². The molecule has 1 saturated heterocycles. The van der Waals surface area contributed by atoms with Gasteiger partial charge in [0.05, 0.1) is 12.1 Å². The number of nitrogens with zero attached hydrogens (tertiary/aromatic N) is 2. The van der Waals surface area contributed by atoms with E-state index < -0.39 is 0 Å². The van der Waals surface area contributed by atoms with Crippen molar-refractivity contribution >= 4 is 0 Å². The number of hydrogen-bond donors (Lipinski definition) is 1. The van der Waals surface area contributed by atoms with Gasteiger partial charge in [0.1, 0.15) is 0 Å². The second kappa shape index (κ2) is 7.43. The Hall–Kier alpha value is -0.160. The second-order valence-electron chi connectivity index (χ2n) is 5.50. The summed E-state index contributed by atoms with van der Waals surface area (Å²) in [4.78, 5) is 5.12. The van der Waals surface area contributed by atoms with E-state index in [9.17, 15) is 0 Å². The first-order chi connectivity index (χ1) is 8.63. The van der Waals surface area contributed by atoms with E-state index in [4.69, 9.17) is 10.5 Å². The summed E-state index contributed by atoms with van der Waals surface area (Å²) in [5, 5.41) is 0. The number of ether oxygens (including phenoxy) is 1. The van der Waals surface area contributed by atoms with Crippen molar-refractivity contribution in [3.63, 3.8) is 0 Å². The molecule has 2 unspecified atom stereocenters. The van der Waals surface area contributed by atoms with Gasteiger partial charge in [0.15, 0.2) is 0 Å². The molecule has 1 aliphatic rings. The molecule has 0 radical (unpaired) electrons. The molecule has 4 nitrogen and oxygen atoms in total. The standard InChI is InChI=1S/C14H31N3O/c1-5-13(3)16-7-9-17(10-8-16)14(6-2,11-15)12-18-4/h13H,5-12,15H2,1-4H3. The van der Waals surface area contributed by atoms with Gasteiger partial charge >= 0.3 is 0 Å². The minimum Gasteiger partial charge on any atom is -0.383 e. The van der Waals surface area contributed by atoms with Gasteiger partial charge in [-0.1, -0.05) is 13.8 Å². The van der Waals surface area contributed by atoms with Crippen LogP contribution < -0.4 is 5.73 Å². The maximum absolute atomic E-state index is 6.02. The van der Waals surface area contributed by atoms with Crippen LogP contribution in [0, 0.1) is 0 Å². The lowest BCUT2D eigenvalue weighted by atomic mass is 9.93. The molecule has 0 aromatic rings. The molecule has 0 aliphatic carbocycles. The maximum Gasteiger partial charge on any atom is 0.0658 e. The number of methoxy groups -OCH3 is 1. The molecule has 108 valence electrons. The first-order valence-electron chi connectivity index (χ1n) is 7.31. The van der Waals surface area contributed by atoms with E-state index in [1.165, 1.54) is 6.42 Å². The number of hydrogen-bond acceptors (Lipinski definition) is 4. The molecule has 0 aromatic heterocycles. The topological polar surface area (TPSA) is 41.7 Å². The molecule has 0 aromatic carbocycles. The van der Waals surface area contributed by atoms with Crippen molar-refractivity contribution in [1.82, 2.24) is 9.80 Å². The predicted octanol–water partition coefficient (Wildman–Crippen LogP) is 1.16. The van der Waals surface area contributed by atoms with Crippen molar-refractivity contribution in [2.75, 3.05) is 46.4 Å². The third-order valence-electron chi connectivity index (χ3n) is 4.65. The quantitative estimate of drug-likeness (QED) is 0.743. The summed E-state index contributed by atoms with van der Waals surface area (Å²) in [6.45, 7) is 12.7. The summed E-state index contributed by atoms with van der Waals surface area (Å²) < 4.78 is 5.40. The third kappa shape index (κ3) is 3.44. The highest BCUT2D eigenvalue weighted by molar-refractivity contribution is 4.93. The third-order valence-corrected chi connectivity index (χ3v) is 4.65. The van der Waals surface area contributed by atoms with Crippen LogP contribution in [-0.4, -0.2) is 67.8 Å². The molecule has 2 atom stereocenters. The van der Waals surface area contributed by atoms with Gasteiger partial charge in [-0.2, -0.15) is 0 Å². The minimum atomic E-state index is 0.0380. The summed E-state index contributed by atoms with van der Waals surface area (Å²) in [6.07, 6.45) is 2.29. The zero-order valence-corrected chi connectivity index (χ0v) is 12.6. The minimum absolute atomic E-state index is 0.0380. The fourth-order valence-electron chi connectivity index (χ4n) is 2.91. The molecule has 18 heavy (non-hydrogen) atoms. The van der Waals surface area contributed by atoms with Gasteiger partial charge in [-0.25, -0.2) is 0 Å². The van der Waals surface area contributed by atoms with Gasteiger partial charge < -0.3 is 10.5 Å². The molecule has 2 N–H and O–H groups in total. The molecule has 0 saturated carbocycles. The normalized spacial score (nSPS) is 23.8. The van der Waals surface area contributed by atoms with Crippen LogP contribution in [-0.2, 0) is 4.74 Å². The summed E-state index contributed by atoms with van der Waals surface area (Å²) in [6, 6.07) is 0.698. The van der Waals surface area contributed by atoms with E-state index in [0.29, 0.717) is 12.6 Å². The molecule has 0 amide bonds. The zero-order valence-electron chi connectivity index (χ0n) is 12.6. The molecular weight excluding hydrogens is 226 g/mol. The lowest BCUT2D eigenvalue weighted by Crippen LogP contribution is -2.62. The SMILES string of the molecule is CCC(C)N1CCN(C(CC)(CN)COC)CC1. The van der Waals surface area contributed by atoms with Crippen LogP contribution in [0.2, 0.25) is 0 Å². The monoisotopic (exact) mass is 257 g/mol. The Kier molecular flexibility index (Phi) is 6.57. The number of rotatable bonds is 7. The van der Waals surface area contributed by atoms with E-state index in [0.717, 1.165) is 39.2 Å². The van der Waals surface area contributed by atoms with E-state index >= 15 is 0 Å². The van der Waals surface area contributed by atoms with Gasteiger partial charge in [-0.15, -0.1) is 0 Å². The van der Waals surface area contributed by atoms with Crippen molar-refractivity contribution in [3.8, 4) is 0 Å². The second-order valence-corrected chi connectivity index (χ2v) is 5.50. The van der Waals surface area contributed by atoms with Crippen LogP contribution in [0.25, 0.3) is 0 Å². The van der Waals surface area contributed by atoms with Gasteiger partial charge in [-0.05, 0) is 19.8 Å². The molecule has 1 rings (SSSR count). The fourth-order valence-corrected chi connectivity index (χ4v) is 2.91. The van der Waals surface area contributed by atoms with Crippen molar-refractivity contribution < 1.29 is 4.74 Å². The molecule has 1 fully saturated rings. The zero-order chi connectivity index (χ0) is 13.6. The van der Waals surface area contributed by atoms with Crippen molar-refractivity contribution in [2.24, 2.45) is 5.73 Å². The summed E-state index contributed by atoms with van der Waals surface area (Å²) in [5.74, 6) is 0. The highest BCUT2D eigenvalue weighted by Crippen LogP contribution is 2.22. The lowest BCUT2D eigenvalue weighted by Gasteiger charge is -2.47. The molecule has 1 aliphatic heterocycles. The Labute approximate surface area is 112 Å². The van der Waals surface area contributed by atoms with E-state index in [1.54, 1.807) is 7.11 Å². The Morgan fingerprint density at radius 1 is 1.22 bits per heavy atom. The molecule has 1 heterocycles. The summed E-state index contributed by atoms with van der Waals surface area (Å²) in [7, 11) is 1.77. The average Bonchev–Trinajstić information content (AvgIpc) is 2.44. The van der Waals surface area contributed by atoms with Crippen LogP contribution in [0.4, 0.5) is 0 Å². The highest BCUT2D eigenvalue weighted by Gasteiger charge is 2.36. The Morgan fingerprint density at radius 2 is 1.83 bits per heavy atom. The first-order valence-corrected chi connectivity index (χ1v) is 7.31. The lowest BCUT2D eigenvalue weighted by molar-refractivity contribution is -0.0224. The van der Waals surface area contributed by atoms with Crippen LogP contribution in [0.1, 0.15) is 33.6 Å². The largest absolute Gasteiger partial charge is 0.383 e. The van der Waals surface area contributed by atoms with E-state index in [-0.39, 0.29) is 5.54 Å². The highest BCUT2D eigenvalue weighted by atomic mass is 16.5. The Bertz CT molecular complexity index is 223. The van der Waals surface area contributed by atoms with E-state index in [1.807, 2.05) is 0 Å². The van der Waals surface area contributed by atoms with Crippen molar-refractivity contribution in [2.45, 2.75) is 45.2 Å². The average molecular weight is 257 g/mol. The fraction of sp³-hybridized carbons (Fsp3) is 1.00. The van der Waals surface area contributed by atoms with Crippen LogP contribution in [0.3, 0.4) is 0 Å². The molecule has 0 spiro atoms. The first kappa shape index (κ1) is 15.9. The summed E-state index contributed by atoms with van der Waals surface area (Å²) >= 11 is 0. The summed E-state index contributed by atoms with van der Waals surface area (Å²) in [5.41, 5.74) is 6.06. The van der Waals surface area contributed by atoms with Crippen molar-refractivity contribution in [3.05, 3.63) is 0 Å². The van der Waals surface area contributed by atoms with Crippen LogP contribution in [0.5, 0.6) is 0 Å². The maximum atomic E-state index is 6.02. The Balaban J connectivity index is 2.59. The molecule has 4 heteroatoms. The van der Waals surface area contributed by atoms with Crippen LogP contribution in [0.15, 0.2) is 0 Å². The van der Waals surface area contributed by atoms with Crippen LogP contribution >= 0.6 is 0 Å². The van der Waals surface area contributed by atoms with E-state index in [2.05, 4.69) is 30.6 Å². The van der Waals surface area contributed by atoms with Crippen molar-refractivity contribution in [1.29, 1.82) is 0 Å². The molecular formula is C14H31N3O. The van der Waals surface area contributed by atoms with Gasteiger partial charge in [0, 0.05) is 45.9 Å². The number of nitrogens with two attached hydrogens (primary N) is 1. The van der Waals surface area contributed by atoms with Gasteiger partial charge in [-0.3, -0.25) is 9.80 Å². The van der Waals surface area contributed by atoms with Gasteiger partial charge in [0.25, 0.3) is 0 Å². The number of piperazine rings is 1. The smallest absolute Gasteiger partial charge is 0.0658 e. The Morgan fingerprint density at radius 3 is 2.22 bits per heavy atom. The predicted molar refractivity (Wildman–Crippen MR) is 76.9 cm³/mol. The molecule has 0 bridgehead atoms.